The number of aromatic amines is 1. The van der Waals surface area contributed by atoms with Crippen molar-refractivity contribution >= 4 is 28.6 Å². The Morgan fingerprint density at radius 2 is 2.13 bits per heavy atom. The van der Waals surface area contributed by atoms with Crippen molar-refractivity contribution < 1.29 is 14.3 Å². The summed E-state index contributed by atoms with van der Waals surface area (Å²) in [6.45, 7) is 1.59. The van der Waals surface area contributed by atoms with Crippen LogP contribution in [-0.4, -0.2) is 42.3 Å². The zero-order valence-corrected chi connectivity index (χ0v) is 16.5. The maximum Gasteiger partial charge on any atom is 0.337 e. The summed E-state index contributed by atoms with van der Waals surface area (Å²) in [5.74, 6) is -0.175. The molecular weight excluding hydrogens is 382 g/mol. The van der Waals surface area contributed by atoms with Crippen molar-refractivity contribution in [1.29, 1.82) is 5.26 Å². The number of aromatic nitrogens is 2. The first-order chi connectivity index (χ1) is 14.6. The fraction of sp³-hybridized carbons (Fsp3) is 0.273. The molecule has 1 aromatic heterocycles. The van der Waals surface area contributed by atoms with Crippen LogP contribution in [0.1, 0.15) is 28.8 Å². The van der Waals surface area contributed by atoms with Gasteiger partial charge in [0.25, 0.3) is 0 Å². The van der Waals surface area contributed by atoms with E-state index >= 15 is 0 Å². The van der Waals surface area contributed by atoms with Gasteiger partial charge in [0.05, 0.1) is 35.7 Å². The van der Waals surface area contributed by atoms with Gasteiger partial charge >= 0.3 is 5.97 Å². The Labute approximate surface area is 173 Å². The average Bonchev–Trinajstić information content (AvgIpc) is 3.20. The summed E-state index contributed by atoms with van der Waals surface area (Å²) in [7, 11) is 1.31. The van der Waals surface area contributed by atoms with Gasteiger partial charge in [-0.2, -0.15) is 10.4 Å². The number of hydrogen-bond donors (Lipinski definition) is 3. The predicted octanol–water partition coefficient (Wildman–Crippen LogP) is 2.83. The first-order valence-corrected chi connectivity index (χ1v) is 9.73. The molecule has 0 unspecified atom stereocenters. The standard InChI is InChI=1S/C22H21N5O3/c1-30-22(29)14-4-5-15(11-23)17(10-14)13-6-7-19-18(9-13)20(27-26-19)25-21(28)16-3-2-8-24-12-16/h4-7,9-10,16,24H,2-3,8,12H2,1H3,(H2,25,26,27,28)/t16-/m1/s1. The number of piperidine rings is 1. The van der Waals surface area contributed by atoms with Gasteiger partial charge in [-0.05, 0) is 55.3 Å². The summed E-state index contributed by atoms with van der Waals surface area (Å²) in [6.07, 6.45) is 1.81. The van der Waals surface area contributed by atoms with Gasteiger partial charge in [-0.3, -0.25) is 9.89 Å². The van der Waals surface area contributed by atoms with Crippen molar-refractivity contribution in [2.75, 3.05) is 25.5 Å². The Morgan fingerprint density at radius 1 is 1.27 bits per heavy atom. The zero-order valence-electron chi connectivity index (χ0n) is 16.5. The van der Waals surface area contributed by atoms with Gasteiger partial charge in [-0.25, -0.2) is 4.79 Å². The molecule has 0 aliphatic carbocycles. The normalized spacial score (nSPS) is 16.1. The maximum absolute atomic E-state index is 12.6. The van der Waals surface area contributed by atoms with Crippen LogP contribution in [0, 0.1) is 17.2 Å². The monoisotopic (exact) mass is 403 g/mol. The van der Waals surface area contributed by atoms with E-state index in [1.54, 1.807) is 18.2 Å². The Balaban J connectivity index is 1.70. The van der Waals surface area contributed by atoms with Crippen molar-refractivity contribution in [3.05, 3.63) is 47.5 Å². The second-order valence-corrected chi connectivity index (χ2v) is 7.23. The van der Waals surface area contributed by atoms with E-state index in [1.165, 1.54) is 7.11 Å². The molecule has 2 aromatic carbocycles. The molecule has 152 valence electrons. The predicted molar refractivity (Wildman–Crippen MR) is 112 cm³/mol. The van der Waals surface area contributed by atoms with Crippen LogP contribution >= 0.6 is 0 Å². The number of benzene rings is 2. The van der Waals surface area contributed by atoms with E-state index in [0.717, 1.165) is 35.9 Å². The number of H-pyrrole nitrogens is 1. The molecule has 0 spiro atoms. The highest BCUT2D eigenvalue weighted by Crippen LogP contribution is 2.30. The number of nitrogens with one attached hydrogen (secondary N) is 3. The van der Waals surface area contributed by atoms with E-state index in [-0.39, 0.29) is 11.8 Å². The number of carbonyl (C=O) groups excluding carboxylic acids is 2. The fourth-order valence-corrected chi connectivity index (χ4v) is 3.70. The maximum atomic E-state index is 12.6. The Bertz CT molecular complexity index is 1160. The first-order valence-electron chi connectivity index (χ1n) is 9.73. The number of esters is 1. The molecule has 2 heterocycles. The highest BCUT2D eigenvalue weighted by atomic mass is 16.5. The molecule has 0 bridgehead atoms. The van der Waals surface area contributed by atoms with E-state index in [4.69, 9.17) is 4.74 Å². The topological polar surface area (TPSA) is 120 Å². The molecule has 0 radical (unpaired) electrons. The second-order valence-electron chi connectivity index (χ2n) is 7.23. The largest absolute Gasteiger partial charge is 0.465 e. The number of amides is 1. The van der Waals surface area contributed by atoms with Crippen LogP contribution in [-0.2, 0) is 9.53 Å². The summed E-state index contributed by atoms with van der Waals surface area (Å²) >= 11 is 0. The van der Waals surface area contributed by atoms with E-state index in [0.29, 0.717) is 29.1 Å². The van der Waals surface area contributed by atoms with Crippen molar-refractivity contribution in [1.82, 2.24) is 15.5 Å². The Kier molecular flexibility index (Phi) is 5.46. The van der Waals surface area contributed by atoms with Gasteiger partial charge in [-0.1, -0.05) is 6.07 Å². The second kappa shape index (κ2) is 8.35. The molecule has 3 aromatic rings. The van der Waals surface area contributed by atoms with Gasteiger partial charge in [0.2, 0.25) is 5.91 Å². The quantitative estimate of drug-likeness (QED) is 0.576. The molecule has 1 amide bonds. The first kappa shape index (κ1) is 19.6. The molecule has 1 atom stereocenters. The minimum atomic E-state index is -0.473. The molecule has 8 heteroatoms. The van der Waals surface area contributed by atoms with Crippen LogP contribution < -0.4 is 10.6 Å². The third-order valence-electron chi connectivity index (χ3n) is 5.34. The highest BCUT2D eigenvalue weighted by molar-refractivity contribution is 6.02. The molecule has 1 fully saturated rings. The molecule has 1 aliphatic heterocycles. The molecule has 4 rings (SSSR count). The molecule has 30 heavy (non-hydrogen) atoms. The van der Waals surface area contributed by atoms with E-state index in [2.05, 4.69) is 26.9 Å². The summed E-state index contributed by atoms with van der Waals surface area (Å²) < 4.78 is 4.79. The summed E-state index contributed by atoms with van der Waals surface area (Å²) in [6, 6.07) is 12.5. The SMILES string of the molecule is COC(=O)c1ccc(C#N)c(-c2ccc3[nH]nc(NC(=O)[C@@H]4CCCNC4)c3c2)c1. The summed E-state index contributed by atoms with van der Waals surface area (Å²) in [4.78, 5) is 24.5. The van der Waals surface area contributed by atoms with Gasteiger partial charge in [0.15, 0.2) is 5.82 Å². The molecular formula is C22H21N5O3. The minimum absolute atomic E-state index is 0.0635. The number of hydrogen-bond acceptors (Lipinski definition) is 6. The van der Waals surface area contributed by atoms with Gasteiger partial charge in [0.1, 0.15) is 0 Å². The smallest absolute Gasteiger partial charge is 0.337 e. The van der Waals surface area contributed by atoms with Crippen molar-refractivity contribution in [2.45, 2.75) is 12.8 Å². The number of fused-ring (bicyclic) bond motifs is 1. The van der Waals surface area contributed by atoms with Crippen LogP contribution in [0.5, 0.6) is 0 Å². The van der Waals surface area contributed by atoms with Crippen LogP contribution in [0.3, 0.4) is 0 Å². The van der Waals surface area contributed by atoms with Crippen LogP contribution in [0.15, 0.2) is 36.4 Å². The Morgan fingerprint density at radius 3 is 2.87 bits per heavy atom. The number of rotatable bonds is 4. The lowest BCUT2D eigenvalue weighted by Gasteiger charge is -2.21. The fourth-order valence-electron chi connectivity index (χ4n) is 3.70. The van der Waals surface area contributed by atoms with Crippen LogP contribution in [0.25, 0.3) is 22.0 Å². The number of nitriles is 1. The number of anilines is 1. The van der Waals surface area contributed by atoms with Gasteiger partial charge in [0, 0.05) is 17.5 Å². The molecule has 1 aliphatic rings. The van der Waals surface area contributed by atoms with Crippen molar-refractivity contribution in [3.63, 3.8) is 0 Å². The lowest BCUT2D eigenvalue weighted by molar-refractivity contribution is -0.120. The minimum Gasteiger partial charge on any atom is -0.465 e. The summed E-state index contributed by atoms with van der Waals surface area (Å²) in [5, 5.41) is 23.6. The average molecular weight is 403 g/mol. The number of ether oxygens (including phenoxy) is 1. The number of nitrogens with zero attached hydrogens (tertiary/aromatic N) is 2. The third kappa shape index (κ3) is 3.75. The van der Waals surface area contributed by atoms with E-state index in [9.17, 15) is 14.9 Å². The van der Waals surface area contributed by atoms with Crippen LogP contribution in [0.4, 0.5) is 5.82 Å². The van der Waals surface area contributed by atoms with Crippen LogP contribution in [0.2, 0.25) is 0 Å². The lowest BCUT2D eigenvalue weighted by atomic mass is 9.96. The third-order valence-corrected chi connectivity index (χ3v) is 5.34. The van der Waals surface area contributed by atoms with Gasteiger partial charge < -0.3 is 15.4 Å². The van der Waals surface area contributed by atoms with E-state index < -0.39 is 5.97 Å². The number of methoxy groups -OCH3 is 1. The zero-order chi connectivity index (χ0) is 21.1. The van der Waals surface area contributed by atoms with Gasteiger partial charge in [-0.15, -0.1) is 0 Å². The Hall–Kier alpha value is -3.70. The summed E-state index contributed by atoms with van der Waals surface area (Å²) in [5.41, 5.74) is 2.90. The number of carbonyl (C=O) groups is 2. The van der Waals surface area contributed by atoms with Crippen molar-refractivity contribution in [3.8, 4) is 17.2 Å². The molecule has 1 saturated heterocycles. The molecule has 0 saturated carbocycles. The highest BCUT2D eigenvalue weighted by Gasteiger charge is 2.22. The molecule has 8 nitrogen and oxygen atoms in total. The van der Waals surface area contributed by atoms with Crippen molar-refractivity contribution in [2.24, 2.45) is 5.92 Å². The van der Waals surface area contributed by atoms with E-state index in [1.807, 2.05) is 18.2 Å². The lowest BCUT2D eigenvalue weighted by Crippen LogP contribution is -2.37. The molecule has 3 N–H and O–H groups in total.